The lowest BCUT2D eigenvalue weighted by Crippen LogP contribution is -2.42. The topological polar surface area (TPSA) is 81.4 Å². The molecule has 1 aliphatic heterocycles. The monoisotopic (exact) mass is 370 g/mol. The maximum Gasteiger partial charge on any atom is 0.217 e. The average molecular weight is 371 g/mol. The fraction of sp³-hybridized carbons (Fsp3) is 0.412. The summed E-state index contributed by atoms with van der Waals surface area (Å²) in [4.78, 5) is 0. The molecular weight excluding hydrogens is 348 g/mol. The van der Waals surface area contributed by atoms with Gasteiger partial charge in [0, 0.05) is 13.2 Å². The summed E-state index contributed by atoms with van der Waals surface area (Å²) in [6, 6.07) is 13.5. The van der Waals surface area contributed by atoms with Crippen molar-refractivity contribution in [2.24, 2.45) is 5.73 Å². The van der Waals surface area contributed by atoms with E-state index in [0.29, 0.717) is 13.0 Å². The molecular formula is C17H23ClN2O3S. The van der Waals surface area contributed by atoms with Crippen molar-refractivity contribution in [2.45, 2.75) is 24.1 Å². The zero-order valence-electron chi connectivity index (χ0n) is 13.4. The number of benzene rings is 2. The summed E-state index contributed by atoms with van der Waals surface area (Å²) in [6.45, 7) is 1.10. The number of hydrogen-bond donors (Lipinski definition) is 2. The molecule has 0 saturated carbocycles. The summed E-state index contributed by atoms with van der Waals surface area (Å²) in [6.07, 6.45) is 1.40. The Labute approximate surface area is 149 Å². The van der Waals surface area contributed by atoms with Gasteiger partial charge >= 0.3 is 0 Å². The first-order valence-electron chi connectivity index (χ1n) is 7.88. The molecule has 2 atom stereocenters. The molecule has 1 aliphatic rings. The van der Waals surface area contributed by atoms with Gasteiger partial charge in [0.05, 0.1) is 17.9 Å². The zero-order chi connectivity index (χ0) is 16.3. The highest BCUT2D eigenvalue weighted by Gasteiger charge is 2.30. The predicted molar refractivity (Wildman–Crippen MR) is 98.9 cm³/mol. The third-order valence-electron chi connectivity index (χ3n) is 4.28. The summed E-state index contributed by atoms with van der Waals surface area (Å²) >= 11 is 0. The molecule has 7 heteroatoms. The van der Waals surface area contributed by atoms with Crippen molar-refractivity contribution < 1.29 is 13.2 Å². The quantitative estimate of drug-likeness (QED) is 0.846. The van der Waals surface area contributed by atoms with E-state index in [4.69, 9.17) is 10.5 Å². The molecule has 132 valence electrons. The highest BCUT2D eigenvalue weighted by atomic mass is 35.5. The number of ether oxygens (including phenoxy) is 1. The Hall–Kier alpha value is -1.18. The van der Waals surface area contributed by atoms with Crippen molar-refractivity contribution in [3.8, 4) is 0 Å². The van der Waals surface area contributed by atoms with Crippen LogP contribution in [-0.2, 0) is 14.8 Å². The van der Waals surface area contributed by atoms with Gasteiger partial charge in [-0.3, -0.25) is 0 Å². The van der Waals surface area contributed by atoms with E-state index in [0.717, 1.165) is 22.8 Å². The van der Waals surface area contributed by atoms with Crippen molar-refractivity contribution in [2.75, 3.05) is 19.8 Å². The summed E-state index contributed by atoms with van der Waals surface area (Å²) in [7, 11) is -3.45. The first-order chi connectivity index (χ1) is 11.1. The molecule has 3 N–H and O–H groups in total. The predicted octanol–water partition coefficient (Wildman–Crippen LogP) is 2.36. The fourth-order valence-electron chi connectivity index (χ4n) is 2.93. The Morgan fingerprint density at radius 3 is 2.62 bits per heavy atom. The Kier molecular flexibility index (Phi) is 6.60. The van der Waals surface area contributed by atoms with Crippen LogP contribution in [0.3, 0.4) is 0 Å². The van der Waals surface area contributed by atoms with Gasteiger partial charge in [-0.05, 0) is 35.2 Å². The smallest absolute Gasteiger partial charge is 0.217 e. The summed E-state index contributed by atoms with van der Waals surface area (Å²) < 4.78 is 33.1. The van der Waals surface area contributed by atoms with E-state index in [2.05, 4.69) is 4.72 Å². The Morgan fingerprint density at radius 1 is 1.21 bits per heavy atom. The largest absolute Gasteiger partial charge is 0.380 e. The summed E-state index contributed by atoms with van der Waals surface area (Å²) in [5, 5.41) is 1.70. The number of halogens is 1. The average Bonchev–Trinajstić information content (AvgIpc) is 2.60. The van der Waals surface area contributed by atoms with E-state index in [1.807, 2.05) is 42.5 Å². The molecule has 5 nitrogen and oxygen atoms in total. The van der Waals surface area contributed by atoms with Crippen LogP contribution in [0.5, 0.6) is 0 Å². The van der Waals surface area contributed by atoms with Crippen molar-refractivity contribution in [1.82, 2.24) is 4.72 Å². The fourth-order valence-corrected chi connectivity index (χ4v) is 4.50. The van der Waals surface area contributed by atoms with Crippen LogP contribution >= 0.6 is 12.4 Å². The summed E-state index contributed by atoms with van der Waals surface area (Å²) in [5.41, 5.74) is 6.71. The summed E-state index contributed by atoms with van der Waals surface area (Å²) in [5.74, 6) is 0. The number of sulfonamides is 1. The van der Waals surface area contributed by atoms with E-state index >= 15 is 0 Å². The molecule has 0 aromatic heterocycles. The molecule has 1 fully saturated rings. The highest BCUT2D eigenvalue weighted by molar-refractivity contribution is 7.90. The number of fused-ring (bicyclic) bond motifs is 1. The van der Waals surface area contributed by atoms with Crippen LogP contribution in [0.15, 0.2) is 42.5 Å². The Balaban J connectivity index is 0.00000208. The first-order valence-corrected chi connectivity index (χ1v) is 9.42. The molecule has 2 unspecified atom stereocenters. The van der Waals surface area contributed by atoms with Gasteiger partial charge in [-0.15, -0.1) is 12.4 Å². The van der Waals surface area contributed by atoms with Gasteiger partial charge in [0.25, 0.3) is 0 Å². The molecule has 24 heavy (non-hydrogen) atoms. The van der Waals surface area contributed by atoms with E-state index < -0.39 is 21.3 Å². The SMILES string of the molecule is Cl.NCC(NS(=O)(=O)C1CCCOC1)c1ccc2ccccc2c1. The van der Waals surface area contributed by atoms with Gasteiger partial charge in [0.15, 0.2) is 0 Å². The van der Waals surface area contributed by atoms with Crippen LogP contribution in [-0.4, -0.2) is 33.4 Å². The Morgan fingerprint density at radius 2 is 1.96 bits per heavy atom. The lowest BCUT2D eigenvalue weighted by Gasteiger charge is -2.25. The molecule has 0 aliphatic carbocycles. The van der Waals surface area contributed by atoms with E-state index in [-0.39, 0.29) is 25.6 Å². The van der Waals surface area contributed by atoms with Gasteiger partial charge in [-0.2, -0.15) is 0 Å². The minimum Gasteiger partial charge on any atom is -0.380 e. The van der Waals surface area contributed by atoms with E-state index in [1.54, 1.807) is 0 Å². The molecule has 2 aromatic carbocycles. The molecule has 1 heterocycles. The van der Waals surface area contributed by atoms with Crippen LogP contribution in [0, 0.1) is 0 Å². The number of rotatable bonds is 5. The van der Waals surface area contributed by atoms with Crippen molar-refractivity contribution >= 4 is 33.2 Å². The van der Waals surface area contributed by atoms with Crippen LogP contribution in [0.4, 0.5) is 0 Å². The van der Waals surface area contributed by atoms with Crippen molar-refractivity contribution in [1.29, 1.82) is 0 Å². The third-order valence-corrected chi connectivity index (χ3v) is 6.14. The molecule has 3 rings (SSSR count). The van der Waals surface area contributed by atoms with Crippen molar-refractivity contribution in [3.05, 3.63) is 48.0 Å². The maximum absolute atomic E-state index is 12.5. The van der Waals surface area contributed by atoms with Crippen LogP contribution in [0.25, 0.3) is 10.8 Å². The molecule has 2 aromatic rings. The van der Waals surface area contributed by atoms with Crippen molar-refractivity contribution in [3.63, 3.8) is 0 Å². The lowest BCUT2D eigenvalue weighted by molar-refractivity contribution is 0.0987. The molecule has 0 spiro atoms. The van der Waals surface area contributed by atoms with Gasteiger partial charge < -0.3 is 10.5 Å². The van der Waals surface area contributed by atoms with Gasteiger partial charge in [-0.25, -0.2) is 13.1 Å². The van der Waals surface area contributed by atoms with E-state index in [9.17, 15) is 8.42 Å². The lowest BCUT2D eigenvalue weighted by atomic mass is 10.0. The second-order valence-electron chi connectivity index (χ2n) is 5.90. The molecule has 0 amide bonds. The normalized spacial score (nSPS) is 19.6. The minimum atomic E-state index is -3.45. The second kappa shape index (κ2) is 8.27. The molecule has 0 bridgehead atoms. The zero-order valence-corrected chi connectivity index (χ0v) is 15.0. The van der Waals surface area contributed by atoms with Crippen LogP contribution in [0.1, 0.15) is 24.4 Å². The number of nitrogens with two attached hydrogens (primary N) is 1. The van der Waals surface area contributed by atoms with Gasteiger partial charge in [0.1, 0.15) is 0 Å². The standard InChI is InChI=1S/C17H22N2O3S.ClH/c18-11-17(19-23(20,21)16-6-3-9-22-12-16)15-8-7-13-4-1-2-5-14(13)10-15;/h1-2,4-5,7-8,10,16-17,19H,3,6,9,11-12,18H2;1H. The third kappa shape index (κ3) is 4.26. The van der Waals surface area contributed by atoms with Gasteiger partial charge in [0.2, 0.25) is 10.0 Å². The molecule has 0 radical (unpaired) electrons. The maximum atomic E-state index is 12.5. The minimum absolute atomic E-state index is 0. The highest BCUT2D eigenvalue weighted by Crippen LogP contribution is 2.22. The van der Waals surface area contributed by atoms with E-state index in [1.165, 1.54) is 0 Å². The molecule has 1 saturated heterocycles. The van der Waals surface area contributed by atoms with Gasteiger partial charge in [-0.1, -0.05) is 36.4 Å². The number of hydrogen-bond acceptors (Lipinski definition) is 4. The number of nitrogens with one attached hydrogen (secondary N) is 1. The second-order valence-corrected chi connectivity index (χ2v) is 7.89. The first kappa shape index (κ1) is 19.1. The Bertz CT molecular complexity index is 776. The van der Waals surface area contributed by atoms with Crippen LogP contribution in [0.2, 0.25) is 0 Å². The van der Waals surface area contributed by atoms with Crippen LogP contribution < -0.4 is 10.5 Å².